The van der Waals surface area contributed by atoms with Crippen molar-refractivity contribution in [1.82, 2.24) is 9.66 Å². The molecule has 0 radical (unpaired) electrons. The monoisotopic (exact) mass is 306 g/mol. The molecule has 0 unspecified atom stereocenters. The highest BCUT2D eigenvalue weighted by Crippen LogP contribution is 2.27. The molecule has 0 bridgehead atoms. The van der Waals surface area contributed by atoms with Crippen molar-refractivity contribution in [2.24, 2.45) is 5.10 Å². The van der Waals surface area contributed by atoms with E-state index in [2.05, 4.69) is 10.1 Å². The summed E-state index contributed by atoms with van der Waals surface area (Å²) in [4.78, 5) is 4.29. The summed E-state index contributed by atoms with van der Waals surface area (Å²) in [5, 5.41) is 13.0. The van der Waals surface area contributed by atoms with Gasteiger partial charge in [-0.15, -0.1) is 0 Å². The fraction of sp³-hybridized carbons (Fsp3) is 0.118. The van der Waals surface area contributed by atoms with Gasteiger partial charge < -0.3 is 9.47 Å². The van der Waals surface area contributed by atoms with Crippen molar-refractivity contribution in [2.75, 3.05) is 13.7 Å². The highest BCUT2D eigenvalue weighted by atomic mass is 16.5. The van der Waals surface area contributed by atoms with Crippen molar-refractivity contribution in [2.45, 2.75) is 0 Å². The lowest BCUT2D eigenvalue weighted by molar-refractivity contribution is 0.329. The van der Waals surface area contributed by atoms with Gasteiger partial charge in [-0.1, -0.05) is 12.1 Å². The molecule has 0 aliphatic heterocycles. The molecule has 1 aromatic heterocycles. The minimum Gasteiger partial charge on any atom is -0.493 e. The lowest BCUT2D eigenvalue weighted by Gasteiger charge is -2.08. The Kier molecular flexibility index (Phi) is 4.20. The Morgan fingerprint density at radius 3 is 2.96 bits per heavy atom. The molecule has 0 saturated carbocycles. The number of methoxy groups -OCH3 is 1. The highest BCUT2D eigenvalue weighted by Gasteiger charge is 2.05. The van der Waals surface area contributed by atoms with Crippen LogP contribution in [0, 0.1) is 11.3 Å². The zero-order valence-corrected chi connectivity index (χ0v) is 12.5. The van der Waals surface area contributed by atoms with Crippen LogP contribution in [0.2, 0.25) is 0 Å². The molecule has 1 heterocycles. The van der Waals surface area contributed by atoms with Crippen LogP contribution in [0.1, 0.15) is 5.56 Å². The Balaban J connectivity index is 1.86. The predicted molar refractivity (Wildman–Crippen MR) is 86.8 cm³/mol. The number of hydrogen-bond acceptors (Lipinski definition) is 5. The Morgan fingerprint density at radius 1 is 1.26 bits per heavy atom. The number of rotatable bonds is 5. The molecule has 0 spiro atoms. The minimum atomic E-state index is -0.0230. The first-order valence-electron chi connectivity index (χ1n) is 6.96. The number of para-hydroxylation sites is 2. The molecule has 0 N–H and O–H groups in total. The van der Waals surface area contributed by atoms with Crippen LogP contribution in [-0.2, 0) is 0 Å². The van der Waals surface area contributed by atoms with E-state index in [0.717, 1.165) is 16.6 Å². The van der Waals surface area contributed by atoms with Gasteiger partial charge in [-0.3, -0.25) is 0 Å². The minimum absolute atomic E-state index is 0.0230. The first-order valence-corrected chi connectivity index (χ1v) is 6.96. The number of aromatic nitrogens is 2. The molecule has 23 heavy (non-hydrogen) atoms. The van der Waals surface area contributed by atoms with Crippen molar-refractivity contribution in [3.63, 3.8) is 0 Å². The van der Waals surface area contributed by atoms with Gasteiger partial charge in [0.05, 0.1) is 24.4 Å². The number of nitrogens with zero attached hydrogens (tertiary/aromatic N) is 4. The van der Waals surface area contributed by atoms with Crippen LogP contribution in [0.25, 0.3) is 11.0 Å². The SMILES string of the molecule is COc1cc(/C=N\n2cnc3ccccc32)ccc1OCC#N. The maximum Gasteiger partial charge on any atom is 0.174 e. The molecule has 3 rings (SSSR count). The van der Waals surface area contributed by atoms with Gasteiger partial charge in [0.2, 0.25) is 0 Å². The first kappa shape index (κ1) is 14.6. The van der Waals surface area contributed by atoms with E-state index in [4.69, 9.17) is 14.7 Å². The van der Waals surface area contributed by atoms with Crippen LogP contribution >= 0.6 is 0 Å². The molecule has 2 aromatic carbocycles. The van der Waals surface area contributed by atoms with E-state index in [1.807, 2.05) is 36.4 Å². The van der Waals surface area contributed by atoms with Gasteiger partial charge in [-0.25, -0.2) is 9.66 Å². The summed E-state index contributed by atoms with van der Waals surface area (Å²) in [7, 11) is 1.55. The van der Waals surface area contributed by atoms with Crippen molar-refractivity contribution >= 4 is 17.2 Å². The fourth-order valence-corrected chi connectivity index (χ4v) is 2.16. The summed E-state index contributed by atoms with van der Waals surface area (Å²) in [5.74, 6) is 1.08. The average Bonchev–Trinajstić information content (AvgIpc) is 3.01. The molecular weight excluding hydrogens is 292 g/mol. The summed E-state index contributed by atoms with van der Waals surface area (Å²) < 4.78 is 12.3. The zero-order chi connectivity index (χ0) is 16.1. The third-order valence-corrected chi connectivity index (χ3v) is 3.25. The van der Waals surface area contributed by atoms with Gasteiger partial charge in [0.1, 0.15) is 12.4 Å². The lowest BCUT2D eigenvalue weighted by atomic mass is 10.2. The number of ether oxygens (including phenoxy) is 2. The Morgan fingerprint density at radius 2 is 2.13 bits per heavy atom. The third-order valence-electron chi connectivity index (χ3n) is 3.25. The number of imidazole rings is 1. The van der Waals surface area contributed by atoms with E-state index < -0.39 is 0 Å². The number of hydrogen-bond donors (Lipinski definition) is 0. The fourth-order valence-electron chi connectivity index (χ4n) is 2.16. The third kappa shape index (κ3) is 3.14. The Bertz CT molecular complexity index is 893. The molecule has 0 aliphatic carbocycles. The number of fused-ring (bicyclic) bond motifs is 1. The summed E-state index contributed by atoms with van der Waals surface area (Å²) in [6.45, 7) is -0.0230. The van der Waals surface area contributed by atoms with Gasteiger partial charge in [-0.05, 0) is 35.9 Å². The van der Waals surface area contributed by atoms with Crippen LogP contribution in [0.15, 0.2) is 53.9 Å². The van der Waals surface area contributed by atoms with Crippen molar-refractivity contribution < 1.29 is 9.47 Å². The molecule has 0 amide bonds. The van der Waals surface area contributed by atoms with E-state index in [0.29, 0.717) is 11.5 Å². The second kappa shape index (κ2) is 6.62. The maximum atomic E-state index is 8.58. The summed E-state index contributed by atoms with van der Waals surface area (Å²) in [6.07, 6.45) is 3.38. The topological polar surface area (TPSA) is 72.4 Å². The summed E-state index contributed by atoms with van der Waals surface area (Å²) in [5.41, 5.74) is 2.68. The van der Waals surface area contributed by atoms with Crippen LogP contribution in [0.3, 0.4) is 0 Å². The van der Waals surface area contributed by atoms with Crippen molar-refractivity contribution in [3.8, 4) is 17.6 Å². The average molecular weight is 306 g/mol. The molecule has 0 saturated heterocycles. The quantitative estimate of drug-likeness (QED) is 0.679. The van der Waals surface area contributed by atoms with Crippen LogP contribution in [0.5, 0.6) is 11.5 Å². The standard InChI is InChI=1S/C17H14N4O2/c1-22-17-10-13(6-7-16(17)23-9-8-18)11-20-21-12-19-14-4-2-3-5-15(14)21/h2-7,10-12H,9H2,1H3/b20-11-. The Hall–Kier alpha value is -3.33. The highest BCUT2D eigenvalue weighted by molar-refractivity contribution is 5.82. The molecule has 114 valence electrons. The van der Waals surface area contributed by atoms with Crippen molar-refractivity contribution in [1.29, 1.82) is 5.26 Å². The molecule has 3 aromatic rings. The van der Waals surface area contributed by atoms with Gasteiger partial charge in [0, 0.05) is 0 Å². The second-order valence-electron chi connectivity index (χ2n) is 4.68. The second-order valence-corrected chi connectivity index (χ2v) is 4.68. The van der Waals surface area contributed by atoms with Crippen LogP contribution in [-0.4, -0.2) is 29.6 Å². The van der Waals surface area contributed by atoms with Crippen LogP contribution < -0.4 is 9.47 Å². The summed E-state index contributed by atoms with van der Waals surface area (Å²) in [6, 6.07) is 15.1. The van der Waals surface area contributed by atoms with Crippen LogP contribution in [0.4, 0.5) is 0 Å². The predicted octanol–water partition coefficient (Wildman–Crippen LogP) is 2.83. The van der Waals surface area contributed by atoms with Gasteiger partial charge in [0.25, 0.3) is 0 Å². The summed E-state index contributed by atoms with van der Waals surface area (Å²) >= 11 is 0. The van der Waals surface area contributed by atoms with E-state index in [-0.39, 0.29) is 6.61 Å². The molecule has 6 heteroatoms. The van der Waals surface area contributed by atoms with Crippen molar-refractivity contribution in [3.05, 3.63) is 54.4 Å². The largest absolute Gasteiger partial charge is 0.493 e. The zero-order valence-electron chi connectivity index (χ0n) is 12.5. The van der Waals surface area contributed by atoms with Gasteiger partial charge >= 0.3 is 0 Å². The first-order chi connectivity index (χ1) is 11.3. The van der Waals surface area contributed by atoms with E-state index in [1.165, 1.54) is 0 Å². The van der Waals surface area contributed by atoms with E-state index in [1.54, 1.807) is 36.5 Å². The number of nitriles is 1. The van der Waals surface area contributed by atoms with E-state index in [9.17, 15) is 0 Å². The van der Waals surface area contributed by atoms with Gasteiger partial charge in [-0.2, -0.15) is 10.4 Å². The molecule has 6 nitrogen and oxygen atoms in total. The molecule has 0 atom stereocenters. The lowest BCUT2D eigenvalue weighted by Crippen LogP contribution is -1.97. The van der Waals surface area contributed by atoms with Gasteiger partial charge in [0.15, 0.2) is 18.1 Å². The molecule has 0 aliphatic rings. The maximum absolute atomic E-state index is 8.58. The van der Waals surface area contributed by atoms with E-state index >= 15 is 0 Å². The molecule has 0 fully saturated rings. The number of benzene rings is 2. The smallest absolute Gasteiger partial charge is 0.174 e. The normalized spacial score (nSPS) is 10.8. The molecular formula is C17H14N4O2. The Labute approximate surface area is 133 Å².